The van der Waals surface area contributed by atoms with Crippen molar-refractivity contribution in [3.8, 4) is 0 Å². The Bertz CT molecular complexity index is 788. The molecule has 4 nitrogen and oxygen atoms in total. The SMILES string of the molecule is O=C(NC1=NN=C(c2ccc(Br)cc2)CS1)c1ccc(Cl)cc1. The van der Waals surface area contributed by atoms with Gasteiger partial charge in [-0.05, 0) is 42.0 Å². The summed E-state index contributed by atoms with van der Waals surface area (Å²) in [6.07, 6.45) is 0. The molecule has 0 bridgehead atoms. The molecule has 0 fully saturated rings. The van der Waals surface area contributed by atoms with Gasteiger partial charge in [0.2, 0.25) is 0 Å². The molecule has 0 aliphatic carbocycles. The Morgan fingerprint density at radius 3 is 2.39 bits per heavy atom. The molecule has 0 radical (unpaired) electrons. The van der Waals surface area contributed by atoms with Crippen LogP contribution < -0.4 is 5.32 Å². The van der Waals surface area contributed by atoms with Crippen LogP contribution in [0.25, 0.3) is 0 Å². The van der Waals surface area contributed by atoms with Gasteiger partial charge in [0.05, 0.1) is 5.71 Å². The minimum atomic E-state index is -0.227. The van der Waals surface area contributed by atoms with Crippen LogP contribution in [0.3, 0.4) is 0 Å². The minimum Gasteiger partial charge on any atom is -0.300 e. The number of halogens is 2. The molecule has 1 aliphatic rings. The van der Waals surface area contributed by atoms with Crippen LogP contribution >= 0.6 is 39.3 Å². The first kappa shape index (κ1) is 16.2. The van der Waals surface area contributed by atoms with E-state index in [9.17, 15) is 4.79 Å². The Balaban J connectivity index is 1.69. The van der Waals surface area contributed by atoms with Gasteiger partial charge < -0.3 is 0 Å². The lowest BCUT2D eigenvalue weighted by atomic mass is 10.1. The molecule has 2 aromatic carbocycles. The van der Waals surface area contributed by atoms with E-state index in [0.29, 0.717) is 21.5 Å². The van der Waals surface area contributed by atoms with Crippen molar-refractivity contribution in [3.05, 3.63) is 69.2 Å². The van der Waals surface area contributed by atoms with Crippen molar-refractivity contribution in [2.24, 2.45) is 10.2 Å². The van der Waals surface area contributed by atoms with Crippen LogP contribution in [0.4, 0.5) is 0 Å². The van der Waals surface area contributed by atoms with E-state index in [1.165, 1.54) is 11.8 Å². The van der Waals surface area contributed by atoms with Crippen molar-refractivity contribution in [3.63, 3.8) is 0 Å². The summed E-state index contributed by atoms with van der Waals surface area (Å²) in [6.45, 7) is 0. The molecule has 0 saturated carbocycles. The fraction of sp³-hybridized carbons (Fsp3) is 0.0625. The van der Waals surface area contributed by atoms with E-state index in [2.05, 4.69) is 31.4 Å². The fourth-order valence-corrected chi connectivity index (χ4v) is 3.07. The lowest BCUT2D eigenvalue weighted by Gasteiger charge is -2.13. The van der Waals surface area contributed by atoms with Crippen molar-refractivity contribution in [2.75, 3.05) is 5.75 Å². The van der Waals surface area contributed by atoms with Crippen LogP contribution in [0, 0.1) is 0 Å². The first-order valence-corrected chi connectivity index (χ1v) is 8.87. The van der Waals surface area contributed by atoms with Crippen molar-refractivity contribution in [1.29, 1.82) is 0 Å². The molecule has 0 unspecified atom stereocenters. The van der Waals surface area contributed by atoms with E-state index in [1.807, 2.05) is 24.3 Å². The van der Waals surface area contributed by atoms with Gasteiger partial charge in [-0.1, -0.05) is 51.4 Å². The highest BCUT2D eigenvalue weighted by Crippen LogP contribution is 2.17. The maximum Gasteiger partial charge on any atom is 0.257 e. The molecule has 0 aromatic heterocycles. The molecule has 1 heterocycles. The standard InChI is InChI=1S/C16H11BrClN3OS/c17-12-5-1-10(2-6-12)14-9-23-16(21-20-14)19-15(22)11-3-7-13(18)8-4-11/h1-8H,9H2,(H,19,21,22). The third kappa shape index (κ3) is 4.22. The summed E-state index contributed by atoms with van der Waals surface area (Å²) in [6, 6.07) is 14.6. The predicted molar refractivity (Wildman–Crippen MR) is 99.5 cm³/mol. The monoisotopic (exact) mass is 407 g/mol. The highest BCUT2D eigenvalue weighted by atomic mass is 79.9. The van der Waals surface area contributed by atoms with E-state index in [-0.39, 0.29) is 5.91 Å². The molecular formula is C16H11BrClN3OS. The summed E-state index contributed by atoms with van der Waals surface area (Å²) < 4.78 is 1.02. The number of nitrogens with one attached hydrogen (secondary N) is 1. The molecule has 3 rings (SSSR count). The molecular weight excluding hydrogens is 398 g/mol. The molecule has 7 heteroatoms. The molecule has 23 heavy (non-hydrogen) atoms. The van der Waals surface area contributed by atoms with Gasteiger partial charge in [-0.2, -0.15) is 5.10 Å². The number of carbonyl (C=O) groups excluding carboxylic acids is 1. The molecule has 1 amide bonds. The topological polar surface area (TPSA) is 53.8 Å². The summed E-state index contributed by atoms with van der Waals surface area (Å²) in [7, 11) is 0. The molecule has 0 saturated heterocycles. The summed E-state index contributed by atoms with van der Waals surface area (Å²) in [5, 5.41) is 12.1. The van der Waals surface area contributed by atoms with E-state index in [1.54, 1.807) is 24.3 Å². The van der Waals surface area contributed by atoms with Crippen LogP contribution in [-0.2, 0) is 0 Å². The van der Waals surface area contributed by atoms with Gasteiger partial charge in [0.15, 0.2) is 5.17 Å². The second-order valence-electron chi connectivity index (χ2n) is 4.71. The molecule has 116 valence electrons. The quantitative estimate of drug-likeness (QED) is 0.803. The zero-order valence-corrected chi connectivity index (χ0v) is 15.0. The third-order valence-electron chi connectivity index (χ3n) is 3.11. The Hall–Kier alpha value is -1.63. The van der Waals surface area contributed by atoms with E-state index in [4.69, 9.17) is 11.6 Å². The van der Waals surface area contributed by atoms with Crippen LogP contribution in [0.2, 0.25) is 5.02 Å². The Labute approximate surface area is 151 Å². The van der Waals surface area contributed by atoms with Crippen LogP contribution in [-0.4, -0.2) is 22.5 Å². The van der Waals surface area contributed by atoms with Gasteiger partial charge in [0.25, 0.3) is 5.91 Å². The summed E-state index contributed by atoms with van der Waals surface area (Å²) in [5.41, 5.74) is 2.43. The lowest BCUT2D eigenvalue weighted by Crippen LogP contribution is -2.30. The Morgan fingerprint density at radius 2 is 1.78 bits per heavy atom. The number of thioether (sulfide) groups is 1. The average molecular weight is 409 g/mol. The van der Waals surface area contributed by atoms with E-state index in [0.717, 1.165) is 15.7 Å². The summed E-state index contributed by atoms with van der Waals surface area (Å²) >= 11 is 10.7. The van der Waals surface area contributed by atoms with Crippen LogP contribution in [0.1, 0.15) is 15.9 Å². The van der Waals surface area contributed by atoms with Gasteiger partial charge in [0, 0.05) is 20.8 Å². The van der Waals surface area contributed by atoms with Crippen molar-refractivity contribution in [1.82, 2.24) is 5.32 Å². The number of carbonyl (C=O) groups is 1. The smallest absolute Gasteiger partial charge is 0.257 e. The number of amidine groups is 1. The number of hydrogen-bond acceptors (Lipinski definition) is 4. The second-order valence-corrected chi connectivity index (χ2v) is 7.02. The van der Waals surface area contributed by atoms with E-state index >= 15 is 0 Å². The zero-order chi connectivity index (χ0) is 16.2. The van der Waals surface area contributed by atoms with Gasteiger partial charge in [-0.15, -0.1) is 5.10 Å². The maximum atomic E-state index is 12.1. The number of hydrogen-bond donors (Lipinski definition) is 1. The van der Waals surface area contributed by atoms with Gasteiger partial charge in [-0.3, -0.25) is 10.1 Å². The van der Waals surface area contributed by atoms with Crippen molar-refractivity contribution in [2.45, 2.75) is 0 Å². The normalized spacial score (nSPS) is 14.0. The molecule has 1 N–H and O–H groups in total. The maximum absolute atomic E-state index is 12.1. The molecule has 0 spiro atoms. The molecule has 2 aromatic rings. The number of rotatable bonds is 2. The lowest BCUT2D eigenvalue weighted by molar-refractivity contribution is 0.0978. The number of nitrogens with zero attached hydrogens (tertiary/aromatic N) is 2. The van der Waals surface area contributed by atoms with Crippen molar-refractivity contribution >= 4 is 56.1 Å². The zero-order valence-electron chi connectivity index (χ0n) is 11.8. The van der Waals surface area contributed by atoms with Gasteiger partial charge in [0.1, 0.15) is 0 Å². The largest absolute Gasteiger partial charge is 0.300 e. The summed E-state index contributed by atoms with van der Waals surface area (Å²) in [5.74, 6) is 0.427. The average Bonchev–Trinajstić information content (AvgIpc) is 2.57. The fourth-order valence-electron chi connectivity index (χ4n) is 1.92. The molecule has 0 atom stereocenters. The first-order valence-electron chi connectivity index (χ1n) is 6.72. The Morgan fingerprint density at radius 1 is 1.09 bits per heavy atom. The Kier molecular flexibility index (Phi) is 5.15. The van der Waals surface area contributed by atoms with E-state index < -0.39 is 0 Å². The summed E-state index contributed by atoms with van der Waals surface area (Å²) in [4.78, 5) is 12.1. The van der Waals surface area contributed by atoms with Crippen LogP contribution in [0.15, 0.2) is 63.2 Å². The predicted octanol–water partition coefficient (Wildman–Crippen LogP) is 4.34. The number of amides is 1. The van der Waals surface area contributed by atoms with Gasteiger partial charge in [-0.25, -0.2) is 0 Å². The van der Waals surface area contributed by atoms with Crippen molar-refractivity contribution < 1.29 is 4.79 Å². The molecule has 1 aliphatic heterocycles. The second kappa shape index (κ2) is 7.29. The minimum absolute atomic E-state index is 0.227. The number of benzene rings is 2. The van der Waals surface area contributed by atoms with Crippen LogP contribution in [0.5, 0.6) is 0 Å². The first-order chi connectivity index (χ1) is 11.1. The highest BCUT2D eigenvalue weighted by Gasteiger charge is 2.15. The van der Waals surface area contributed by atoms with Gasteiger partial charge >= 0.3 is 0 Å². The highest BCUT2D eigenvalue weighted by molar-refractivity contribution is 9.10. The third-order valence-corrected chi connectivity index (χ3v) is 4.77.